The molecule has 0 saturated carbocycles. The molecule has 2 heteroatoms. The zero-order valence-corrected chi connectivity index (χ0v) is 9.10. The van der Waals surface area contributed by atoms with Crippen LogP contribution in [-0.4, -0.2) is 10.8 Å². The SMILES string of the molecule is O=C1C#CCc2ccccc2-c2ncccc21. The van der Waals surface area contributed by atoms with Crippen molar-refractivity contribution >= 4 is 5.78 Å². The normalized spacial score (nSPS) is 12.6. The second-order valence-corrected chi connectivity index (χ2v) is 3.86. The molecule has 0 spiro atoms. The molecule has 0 bridgehead atoms. The quantitative estimate of drug-likeness (QED) is 0.503. The van der Waals surface area contributed by atoms with Gasteiger partial charge in [0.2, 0.25) is 5.78 Å². The molecule has 0 atom stereocenters. The standard InChI is InChI=1S/C15H9NO/c17-14-9-3-6-11-5-1-2-7-12(11)15-13(14)8-4-10-16-15/h1-2,4-5,7-8,10H,6H2. The fourth-order valence-electron chi connectivity index (χ4n) is 2.00. The molecule has 2 nitrogen and oxygen atoms in total. The minimum Gasteiger partial charge on any atom is -0.279 e. The Labute approximate surface area is 99.3 Å². The monoisotopic (exact) mass is 219 g/mol. The summed E-state index contributed by atoms with van der Waals surface area (Å²) in [5.74, 6) is 5.41. The first-order valence-electron chi connectivity index (χ1n) is 5.43. The topological polar surface area (TPSA) is 30.0 Å². The highest BCUT2D eigenvalue weighted by Gasteiger charge is 2.15. The molecule has 0 unspecified atom stereocenters. The van der Waals surface area contributed by atoms with Crippen LogP contribution in [0.4, 0.5) is 0 Å². The van der Waals surface area contributed by atoms with Crippen molar-refractivity contribution in [3.05, 3.63) is 53.7 Å². The van der Waals surface area contributed by atoms with E-state index >= 15 is 0 Å². The highest BCUT2D eigenvalue weighted by molar-refractivity contribution is 6.12. The number of aromatic nitrogens is 1. The first-order valence-corrected chi connectivity index (χ1v) is 5.43. The van der Waals surface area contributed by atoms with Gasteiger partial charge in [-0.3, -0.25) is 9.78 Å². The molecule has 0 N–H and O–H groups in total. The van der Waals surface area contributed by atoms with Gasteiger partial charge in [0.1, 0.15) is 0 Å². The fourth-order valence-corrected chi connectivity index (χ4v) is 2.00. The Morgan fingerprint density at radius 3 is 2.82 bits per heavy atom. The Morgan fingerprint density at radius 1 is 1.06 bits per heavy atom. The summed E-state index contributed by atoms with van der Waals surface area (Å²) in [4.78, 5) is 16.2. The second kappa shape index (κ2) is 3.88. The zero-order valence-electron chi connectivity index (χ0n) is 9.10. The summed E-state index contributed by atoms with van der Waals surface area (Å²) < 4.78 is 0. The van der Waals surface area contributed by atoms with Gasteiger partial charge in [0, 0.05) is 18.2 Å². The Kier molecular flexibility index (Phi) is 2.23. The van der Waals surface area contributed by atoms with Gasteiger partial charge in [-0.1, -0.05) is 30.2 Å². The van der Waals surface area contributed by atoms with Gasteiger partial charge < -0.3 is 0 Å². The van der Waals surface area contributed by atoms with Crippen LogP contribution < -0.4 is 0 Å². The summed E-state index contributed by atoms with van der Waals surface area (Å²) in [5.41, 5.74) is 3.45. The van der Waals surface area contributed by atoms with Crippen LogP contribution >= 0.6 is 0 Å². The molecule has 1 heterocycles. The second-order valence-electron chi connectivity index (χ2n) is 3.86. The highest BCUT2D eigenvalue weighted by Crippen LogP contribution is 2.26. The number of rotatable bonds is 0. The molecule has 2 aromatic rings. The third-order valence-electron chi connectivity index (χ3n) is 2.81. The molecule has 17 heavy (non-hydrogen) atoms. The van der Waals surface area contributed by atoms with E-state index in [1.165, 1.54) is 0 Å². The molecular formula is C15H9NO. The van der Waals surface area contributed by atoms with Gasteiger partial charge in [-0.25, -0.2) is 0 Å². The Morgan fingerprint density at radius 2 is 1.88 bits per heavy atom. The molecular weight excluding hydrogens is 210 g/mol. The maximum absolute atomic E-state index is 11.9. The molecule has 1 aliphatic rings. The number of nitrogens with zero attached hydrogens (tertiary/aromatic N) is 1. The predicted molar refractivity (Wildman–Crippen MR) is 65.5 cm³/mol. The molecule has 1 aromatic carbocycles. The Bertz CT molecular complexity index is 662. The highest BCUT2D eigenvalue weighted by atomic mass is 16.1. The summed E-state index contributed by atoms with van der Waals surface area (Å²) in [7, 11) is 0. The van der Waals surface area contributed by atoms with Gasteiger partial charge in [-0.15, -0.1) is 0 Å². The molecule has 3 rings (SSSR count). The summed E-state index contributed by atoms with van der Waals surface area (Å²) in [6.45, 7) is 0. The van der Waals surface area contributed by atoms with E-state index in [2.05, 4.69) is 16.8 Å². The van der Waals surface area contributed by atoms with E-state index < -0.39 is 0 Å². The van der Waals surface area contributed by atoms with E-state index in [0.29, 0.717) is 12.0 Å². The van der Waals surface area contributed by atoms with E-state index in [1.54, 1.807) is 18.3 Å². The maximum atomic E-state index is 11.9. The van der Waals surface area contributed by atoms with Crippen LogP contribution in [0.25, 0.3) is 11.3 Å². The molecule has 0 fully saturated rings. The van der Waals surface area contributed by atoms with Crippen molar-refractivity contribution in [1.29, 1.82) is 0 Å². The van der Waals surface area contributed by atoms with Gasteiger partial charge in [-0.05, 0) is 23.6 Å². The van der Waals surface area contributed by atoms with Crippen molar-refractivity contribution in [1.82, 2.24) is 4.98 Å². The molecule has 1 aliphatic carbocycles. The van der Waals surface area contributed by atoms with E-state index in [0.717, 1.165) is 16.8 Å². The van der Waals surface area contributed by atoms with Crippen molar-refractivity contribution in [3.63, 3.8) is 0 Å². The third kappa shape index (κ3) is 1.62. The summed E-state index contributed by atoms with van der Waals surface area (Å²) in [6, 6.07) is 11.5. The van der Waals surface area contributed by atoms with Crippen LogP contribution in [0.1, 0.15) is 15.9 Å². The van der Waals surface area contributed by atoms with E-state index in [4.69, 9.17) is 0 Å². The molecule has 0 saturated heterocycles. The largest absolute Gasteiger partial charge is 0.279 e. The average Bonchev–Trinajstić information content (AvgIpc) is 2.37. The number of pyridine rings is 1. The van der Waals surface area contributed by atoms with Gasteiger partial charge in [0.15, 0.2) is 0 Å². The number of benzene rings is 1. The van der Waals surface area contributed by atoms with Crippen LogP contribution in [0.5, 0.6) is 0 Å². The van der Waals surface area contributed by atoms with Gasteiger partial charge >= 0.3 is 0 Å². The minimum atomic E-state index is -0.150. The molecule has 0 amide bonds. The number of fused-ring (bicyclic) bond motifs is 3. The summed E-state index contributed by atoms with van der Waals surface area (Å²) in [5, 5.41) is 0. The van der Waals surface area contributed by atoms with Crippen molar-refractivity contribution < 1.29 is 4.79 Å². The lowest BCUT2D eigenvalue weighted by Gasteiger charge is -2.10. The van der Waals surface area contributed by atoms with E-state index in [-0.39, 0.29) is 5.78 Å². The van der Waals surface area contributed by atoms with Crippen LogP contribution in [0.2, 0.25) is 0 Å². The molecule has 80 valence electrons. The van der Waals surface area contributed by atoms with Crippen LogP contribution in [0, 0.1) is 11.8 Å². The first kappa shape index (κ1) is 9.80. The molecule has 0 aliphatic heterocycles. The number of hydrogen-bond acceptors (Lipinski definition) is 2. The predicted octanol–water partition coefficient (Wildman–Crippen LogP) is 2.49. The lowest BCUT2D eigenvalue weighted by molar-refractivity contribution is 0.105. The zero-order chi connectivity index (χ0) is 11.7. The third-order valence-corrected chi connectivity index (χ3v) is 2.81. The van der Waals surface area contributed by atoms with Crippen LogP contribution in [-0.2, 0) is 6.42 Å². The number of hydrogen-bond donors (Lipinski definition) is 0. The smallest absolute Gasteiger partial charge is 0.238 e. The average molecular weight is 219 g/mol. The number of Topliss-reactive ketones (excluding diaryl/α,β-unsaturated/α-hetero) is 1. The fraction of sp³-hybridized carbons (Fsp3) is 0.0667. The first-order chi connectivity index (χ1) is 8.36. The number of ketones is 1. The van der Waals surface area contributed by atoms with Crippen LogP contribution in [0.15, 0.2) is 42.6 Å². The number of carbonyl (C=O) groups excluding carboxylic acids is 1. The van der Waals surface area contributed by atoms with Gasteiger partial charge in [0.25, 0.3) is 0 Å². The summed E-state index contributed by atoms with van der Waals surface area (Å²) >= 11 is 0. The lowest BCUT2D eigenvalue weighted by Crippen LogP contribution is -2.04. The molecule has 0 radical (unpaired) electrons. The van der Waals surface area contributed by atoms with Crippen LogP contribution in [0.3, 0.4) is 0 Å². The van der Waals surface area contributed by atoms with Crippen molar-refractivity contribution in [2.45, 2.75) is 6.42 Å². The van der Waals surface area contributed by atoms with Crippen molar-refractivity contribution in [2.75, 3.05) is 0 Å². The Balaban J connectivity index is 2.35. The van der Waals surface area contributed by atoms with E-state index in [9.17, 15) is 4.79 Å². The van der Waals surface area contributed by atoms with Gasteiger partial charge in [0.05, 0.1) is 11.3 Å². The summed E-state index contributed by atoms with van der Waals surface area (Å²) in [6.07, 6.45) is 2.30. The molecule has 1 aromatic heterocycles. The lowest BCUT2D eigenvalue weighted by atomic mass is 9.95. The van der Waals surface area contributed by atoms with E-state index in [1.807, 2.05) is 24.3 Å². The van der Waals surface area contributed by atoms with Crippen molar-refractivity contribution in [3.8, 4) is 23.1 Å². The minimum absolute atomic E-state index is 0.150. The Hall–Kier alpha value is -2.40. The van der Waals surface area contributed by atoms with Gasteiger partial charge in [-0.2, -0.15) is 0 Å². The van der Waals surface area contributed by atoms with Crippen molar-refractivity contribution in [2.24, 2.45) is 0 Å². The maximum Gasteiger partial charge on any atom is 0.238 e. The number of carbonyl (C=O) groups is 1.